The summed E-state index contributed by atoms with van der Waals surface area (Å²) in [5, 5.41) is 1.03. The number of piperazine rings is 1. The topological polar surface area (TPSA) is 49.8 Å². The van der Waals surface area contributed by atoms with Gasteiger partial charge in [0, 0.05) is 16.6 Å². The number of anilines is 1. The van der Waals surface area contributed by atoms with Gasteiger partial charge < -0.3 is 19.5 Å². The van der Waals surface area contributed by atoms with E-state index in [1.807, 2.05) is 49.4 Å². The van der Waals surface area contributed by atoms with E-state index in [4.69, 9.17) is 4.74 Å². The van der Waals surface area contributed by atoms with Crippen molar-refractivity contribution in [2.24, 2.45) is 0 Å². The zero-order valence-corrected chi connectivity index (χ0v) is 15.9. The van der Waals surface area contributed by atoms with E-state index in [1.165, 1.54) is 4.90 Å². The summed E-state index contributed by atoms with van der Waals surface area (Å²) in [7, 11) is 1.71. The molecule has 1 aliphatic rings. The molecule has 0 atom stereocenters. The number of quaternary nitrogens is 1. The number of nitrogens with one attached hydrogen (secondary N) is 2. The Bertz CT molecular complexity index is 955. The molecule has 1 fully saturated rings. The highest BCUT2D eigenvalue weighted by Crippen LogP contribution is 2.27. The van der Waals surface area contributed by atoms with Crippen molar-refractivity contribution < 1.29 is 14.4 Å². The molecule has 2 aromatic carbocycles. The third kappa shape index (κ3) is 3.43. The number of aromatic nitrogens is 1. The van der Waals surface area contributed by atoms with Crippen LogP contribution in [0.25, 0.3) is 10.9 Å². The summed E-state index contributed by atoms with van der Waals surface area (Å²) in [5.41, 5.74) is 3.99. The van der Waals surface area contributed by atoms with Crippen molar-refractivity contribution in [1.29, 1.82) is 0 Å². The minimum Gasteiger partial charge on any atom is -0.495 e. The second-order valence-electron chi connectivity index (χ2n) is 7.18. The second-order valence-corrected chi connectivity index (χ2v) is 7.18. The molecular formula is C22H26N3O2+. The van der Waals surface area contributed by atoms with Gasteiger partial charge in [-0.25, -0.2) is 0 Å². The molecule has 1 aromatic heterocycles. The minimum atomic E-state index is 0.227. The van der Waals surface area contributed by atoms with Gasteiger partial charge in [0.25, 0.3) is 0 Å². The number of para-hydroxylation sites is 3. The van der Waals surface area contributed by atoms with Crippen LogP contribution in [0.4, 0.5) is 5.69 Å². The number of rotatable bonds is 5. The van der Waals surface area contributed by atoms with E-state index in [0.717, 1.165) is 59.8 Å². The van der Waals surface area contributed by atoms with Gasteiger partial charge in [0.1, 0.15) is 12.3 Å². The first kappa shape index (κ1) is 17.6. The van der Waals surface area contributed by atoms with E-state index in [1.54, 1.807) is 7.11 Å². The number of ether oxygens (including phenoxy) is 1. The number of carbonyl (C=O) groups is 1. The number of benzene rings is 2. The predicted octanol–water partition coefficient (Wildman–Crippen LogP) is 2.07. The Morgan fingerprint density at radius 3 is 2.59 bits per heavy atom. The van der Waals surface area contributed by atoms with E-state index in [2.05, 4.69) is 16.0 Å². The monoisotopic (exact) mass is 364 g/mol. The number of H-pyrrole nitrogens is 1. The Balaban J connectivity index is 1.43. The highest BCUT2D eigenvalue weighted by molar-refractivity contribution is 6.09. The first-order chi connectivity index (χ1) is 13.2. The van der Waals surface area contributed by atoms with Crippen molar-refractivity contribution in [3.05, 3.63) is 59.8 Å². The van der Waals surface area contributed by atoms with E-state index >= 15 is 0 Å². The SMILES string of the molecule is COc1ccccc1N1CC[NH+](CC(=O)c2c(C)[nH]c3ccccc23)CC1. The molecule has 0 saturated carbocycles. The molecule has 1 aliphatic heterocycles. The van der Waals surface area contributed by atoms with Crippen LogP contribution in [-0.4, -0.2) is 50.6 Å². The number of ketones is 1. The summed E-state index contributed by atoms with van der Waals surface area (Å²) >= 11 is 0. The molecule has 27 heavy (non-hydrogen) atoms. The Hall–Kier alpha value is -2.79. The van der Waals surface area contributed by atoms with Crippen LogP contribution in [0.1, 0.15) is 16.1 Å². The van der Waals surface area contributed by atoms with Crippen LogP contribution in [0.2, 0.25) is 0 Å². The van der Waals surface area contributed by atoms with E-state index in [0.29, 0.717) is 6.54 Å². The standard InChI is InChI=1S/C22H25N3O2/c1-16-22(17-7-3-4-8-18(17)23-16)20(26)15-24-11-13-25(14-12-24)19-9-5-6-10-21(19)27-2/h3-10,23H,11-15H2,1-2H3/p+1. The molecule has 5 heteroatoms. The smallest absolute Gasteiger partial charge is 0.219 e. The van der Waals surface area contributed by atoms with Gasteiger partial charge in [0.15, 0.2) is 0 Å². The molecule has 0 unspecified atom stereocenters. The van der Waals surface area contributed by atoms with Gasteiger partial charge in [-0.15, -0.1) is 0 Å². The molecule has 3 aromatic rings. The zero-order valence-electron chi connectivity index (χ0n) is 15.9. The molecule has 140 valence electrons. The molecule has 5 nitrogen and oxygen atoms in total. The quantitative estimate of drug-likeness (QED) is 0.682. The number of fused-ring (bicyclic) bond motifs is 1. The average molecular weight is 364 g/mol. The lowest BCUT2D eigenvalue weighted by atomic mass is 10.1. The first-order valence-corrected chi connectivity index (χ1v) is 9.49. The average Bonchev–Trinajstić information content (AvgIpc) is 3.04. The summed E-state index contributed by atoms with van der Waals surface area (Å²) in [4.78, 5) is 20.0. The van der Waals surface area contributed by atoms with Crippen molar-refractivity contribution in [1.82, 2.24) is 4.98 Å². The predicted molar refractivity (Wildman–Crippen MR) is 108 cm³/mol. The number of Topliss-reactive ketones (excluding diaryl/α,β-unsaturated/α-hetero) is 1. The lowest BCUT2D eigenvalue weighted by molar-refractivity contribution is -0.892. The fourth-order valence-corrected chi connectivity index (χ4v) is 4.08. The fraction of sp³-hybridized carbons (Fsp3) is 0.318. The van der Waals surface area contributed by atoms with Crippen LogP contribution in [0.15, 0.2) is 48.5 Å². The van der Waals surface area contributed by atoms with Crippen LogP contribution in [0, 0.1) is 6.92 Å². The number of aromatic amines is 1. The second kappa shape index (κ2) is 7.45. The van der Waals surface area contributed by atoms with Crippen LogP contribution in [-0.2, 0) is 0 Å². The van der Waals surface area contributed by atoms with Crippen LogP contribution in [0.5, 0.6) is 5.75 Å². The molecular weight excluding hydrogens is 338 g/mol. The van der Waals surface area contributed by atoms with Crippen LogP contribution < -0.4 is 14.5 Å². The van der Waals surface area contributed by atoms with Gasteiger partial charge in [0.2, 0.25) is 5.78 Å². The van der Waals surface area contributed by atoms with Gasteiger partial charge in [-0.3, -0.25) is 4.79 Å². The number of aryl methyl sites for hydroxylation is 1. The number of hydrogen-bond acceptors (Lipinski definition) is 3. The van der Waals surface area contributed by atoms with Gasteiger partial charge in [-0.05, 0) is 25.1 Å². The van der Waals surface area contributed by atoms with E-state index in [-0.39, 0.29) is 5.78 Å². The van der Waals surface area contributed by atoms with Crippen molar-refractivity contribution in [3.8, 4) is 5.75 Å². The third-order valence-corrected chi connectivity index (χ3v) is 5.48. The fourth-order valence-electron chi connectivity index (χ4n) is 4.08. The molecule has 0 spiro atoms. The summed E-state index contributed by atoms with van der Waals surface area (Å²) in [6, 6.07) is 16.2. The molecule has 0 aliphatic carbocycles. The minimum absolute atomic E-state index is 0.227. The number of methoxy groups -OCH3 is 1. The highest BCUT2D eigenvalue weighted by atomic mass is 16.5. The van der Waals surface area contributed by atoms with E-state index < -0.39 is 0 Å². The maximum absolute atomic E-state index is 13.0. The molecule has 0 amide bonds. The maximum atomic E-state index is 13.0. The third-order valence-electron chi connectivity index (χ3n) is 5.48. The maximum Gasteiger partial charge on any atom is 0.219 e. The Labute approximate surface area is 159 Å². The lowest BCUT2D eigenvalue weighted by Gasteiger charge is -2.34. The van der Waals surface area contributed by atoms with Gasteiger partial charge >= 0.3 is 0 Å². The Kier molecular flexibility index (Phi) is 4.86. The number of nitrogens with zero attached hydrogens (tertiary/aromatic N) is 1. The Morgan fingerprint density at radius 1 is 1.11 bits per heavy atom. The van der Waals surface area contributed by atoms with Crippen molar-refractivity contribution in [2.45, 2.75) is 6.92 Å². The summed E-state index contributed by atoms with van der Waals surface area (Å²) in [6.07, 6.45) is 0. The first-order valence-electron chi connectivity index (χ1n) is 9.49. The molecule has 1 saturated heterocycles. The lowest BCUT2D eigenvalue weighted by Crippen LogP contribution is -3.15. The number of hydrogen-bond donors (Lipinski definition) is 2. The summed E-state index contributed by atoms with van der Waals surface area (Å²) in [5.74, 6) is 1.14. The van der Waals surface area contributed by atoms with Gasteiger partial charge in [-0.1, -0.05) is 30.3 Å². The van der Waals surface area contributed by atoms with Crippen LogP contribution in [0.3, 0.4) is 0 Å². The largest absolute Gasteiger partial charge is 0.495 e. The highest BCUT2D eigenvalue weighted by Gasteiger charge is 2.26. The van der Waals surface area contributed by atoms with Crippen molar-refractivity contribution >= 4 is 22.4 Å². The normalized spacial score (nSPS) is 15.3. The van der Waals surface area contributed by atoms with Crippen molar-refractivity contribution in [2.75, 3.05) is 44.7 Å². The molecule has 0 radical (unpaired) electrons. The summed E-state index contributed by atoms with van der Waals surface area (Å²) < 4.78 is 5.49. The van der Waals surface area contributed by atoms with Crippen molar-refractivity contribution in [3.63, 3.8) is 0 Å². The molecule has 4 rings (SSSR count). The van der Waals surface area contributed by atoms with Gasteiger partial charge in [0.05, 0.1) is 44.5 Å². The Morgan fingerprint density at radius 2 is 1.81 bits per heavy atom. The number of carbonyl (C=O) groups excluding carboxylic acids is 1. The zero-order chi connectivity index (χ0) is 18.8. The summed E-state index contributed by atoms with van der Waals surface area (Å²) in [6.45, 7) is 6.28. The van der Waals surface area contributed by atoms with E-state index in [9.17, 15) is 4.79 Å². The molecule has 2 N–H and O–H groups in total. The van der Waals surface area contributed by atoms with Gasteiger partial charge in [-0.2, -0.15) is 0 Å². The molecule has 2 heterocycles. The molecule has 0 bridgehead atoms. The van der Waals surface area contributed by atoms with Crippen LogP contribution >= 0.6 is 0 Å².